The number of non-ortho nitro benzene ring substituents is 1. The minimum Gasteiger partial charge on any atom is -0.497 e. The largest absolute Gasteiger partial charge is 0.497 e. The van der Waals surface area contributed by atoms with Crippen molar-refractivity contribution in [1.82, 2.24) is 9.97 Å². The molecule has 2 N–H and O–H groups in total. The first kappa shape index (κ1) is 19.7. The average Bonchev–Trinajstić information content (AvgIpc) is 2.69. The first-order valence-corrected chi connectivity index (χ1v) is 8.65. The van der Waals surface area contributed by atoms with E-state index in [1.165, 1.54) is 18.2 Å². The molecule has 0 fully saturated rings. The van der Waals surface area contributed by atoms with Crippen LogP contribution in [0, 0.1) is 17.0 Å². The van der Waals surface area contributed by atoms with Gasteiger partial charge in [-0.25, -0.2) is 4.98 Å². The topological polar surface area (TPSA) is 127 Å². The Hall–Kier alpha value is -4.01. The summed E-state index contributed by atoms with van der Waals surface area (Å²) in [6, 6.07) is 12.5. The summed E-state index contributed by atoms with van der Waals surface area (Å²) in [4.78, 5) is 41.8. The van der Waals surface area contributed by atoms with Crippen molar-refractivity contribution in [2.24, 2.45) is 0 Å². The molecule has 2 aromatic carbocycles. The molecule has 29 heavy (non-hydrogen) atoms. The molecule has 0 saturated heterocycles. The number of nitro groups is 1. The zero-order valence-electron chi connectivity index (χ0n) is 15.8. The summed E-state index contributed by atoms with van der Waals surface area (Å²) in [7, 11) is 1.57. The summed E-state index contributed by atoms with van der Waals surface area (Å²) in [6.07, 6.45) is 0.316. The Bertz CT molecular complexity index is 1120. The molecule has 3 aromatic rings. The Balaban J connectivity index is 1.83. The molecular weight excluding hydrogens is 376 g/mol. The van der Waals surface area contributed by atoms with E-state index in [9.17, 15) is 19.7 Å². The van der Waals surface area contributed by atoms with E-state index in [1.807, 2.05) is 12.1 Å². The van der Waals surface area contributed by atoms with Crippen LogP contribution in [-0.4, -0.2) is 27.9 Å². The molecule has 9 heteroatoms. The van der Waals surface area contributed by atoms with Gasteiger partial charge < -0.3 is 15.0 Å². The summed E-state index contributed by atoms with van der Waals surface area (Å²) in [5.41, 5.74) is 1.11. The molecule has 148 valence electrons. The van der Waals surface area contributed by atoms with Gasteiger partial charge in [-0.2, -0.15) is 0 Å². The van der Waals surface area contributed by atoms with Crippen molar-refractivity contribution in [3.63, 3.8) is 0 Å². The SMILES string of the molecule is COc1ccc(Cc2nc(C(=O)Nc3cc([N+](=O)[O-])ccc3C)cc(=O)[nH]2)cc1. The number of nitrogens with one attached hydrogen (secondary N) is 2. The number of hydrogen-bond acceptors (Lipinski definition) is 6. The first-order chi connectivity index (χ1) is 13.9. The maximum atomic E-state index is 12.6. The number of methoxy groups -OCH3 is 1. The van der Waals surface area contributed by atoms with Crippen LogP contribution in [0.4, 0.5) is 11.4 Å². The maximum Gasteiger partial charge on any atom is 0.274 e. The quantitative estimate of drug-likeness (QED) is 0.489. The number of H-pyrrole nitrogens is 1. The van der Waals surface area contributed by atoms with E-state index in [-0.39, 0.29) is 17.1 Å². The van der Waals surface area contributed by atoms with Crippen molar-refractivity contribution in [2.45, 2.75) is 13.3 Å². The van der Waals surface area contributed by atoms with Gasteiger partial charge in [-0.3, -0.25) is 19.7 Å². The molecule has 1 amide bonds. The second-order valence-corrected chi connectivity index (χ2v) is 6.31. The molecule has 0 atom stereocenters. The monoisotopic (exact) mass is 394 g/mol. The molecule has 0 unspecified atom stereocenters. The van der Waals surface area contributed by atoms with Crippen LogP contribution in [0.5, 0.6) is 5.75 Å². The molecule has 0 radical (unpaired) electrons. The van der Waals surface area contributed by atoms with Crippen molar-refractivity contribution in [1.29, 1.82) is 0 Å². The molecule has 0 aliphatic carbocycles. The number of rotatable bonds is 6. The van der Waals surface area contributed by atoms with Gasteiger partial charge in [0.1, 0.15) is 17.3 Å². The Morgan fingerprint density at radius 1 is 1.21 bits per heavy atom. The third kappa shape index (κ3) is 4.83. The number of aromatic amines is 1. The lowest BCUT2D eigenvalue weighted by Crippen LogP contribution is -2.21. The Morgan fingerprint density at radius 3 is 2.59 bits per heavy atom. The smallest absolute Gasteiger partial charge is 0.274 e. The van der Waals surface area contributed by atoms with E-state index in [2.05, 4.69) is 15.3 Å². The maximum absolute atomic E-state index is 12.6. The van der Waals surface area contributed by atoms with Gasteiger partial charge in [-0.05, 0) is 30.2 Å². The van der Waals surface area contributed by atoms with Crippen molar-refractivity contribution in [3.05, 3.63) is 91.6 Å². The predicted molar refractivity (Wildman–Crippen MR) is 106 cm³/mol. The zero-order chi connectivity index (χ0) is 21.0. The average molecular weight is 394 g/mol. The predicted octanol–water partition coefficient (Wildman–Crippen LogP) is 2.84. The zero-order valence-corrected chi connectivity index (χ0v) is 15.8. The summed E-state index contributed by atoms with van der Waals surface area (Å²) >= 11 is 0. The third-order valence-corrected chi connectivity index (χ3v) is 4.23. The van der Waals surface area contributed by atoms with Crippen LogP contribution >= 0.6 is 0 Å². The van der Waals surface area contributed by atoms with E-state index < -0.39 is 16.4 Å². The lowest BCUT2D eigenvalue weighted by Gasteiger charge is -2.09. The number of amides is 1. The van der Waals surface area contributed by atoms with Gasteiger partial charge in [0.2, 0.25) is 0 Å². The molecule has 1 heterocycles. The van der Waals surface area contributed by atoms with E-state index in [0.29, 0.717) is 23.6 Å². The highest BCUT2D eigenvalue weighted by Crippen LogP contribution is 2.22. The molecular formula is C20H18N4O5. The number of carbonyl (C=O) groups excluding carboxylic acids is 1. The Morgan fingerprint density at radius 2 is 1.93 bits per heavy atom. The number of benzene rings is 2. The van der Waals surface area contributed by atoms with Crippen LogP contribution in [0.1, 0.15) is 27.4 Å². The fraction of sp³-hybridized carbons (Fsp3) is 0.150. The molecule has 3 rings (SSSR count). The van der Waals surface area contributed by atoms with Crippen LogP contribution in [-0.2, 0) is 6.42 Å². The van der Waals surface area contributed by atoms with Crippen LogP contribution < -0.4 is 15.6 Å². The number of ether oxygens (including phenoxy) is 1. The number of nitro benzene ring substituents is 1. The molecule has 0 spiro atoms. The van der Waals surface area contributed by atoms with Crippen LogP contribution in [0.3, 0.4) is 0 Å². The number of nitrogens with zero attached hydrogens (tertiary/aromatic N) is 2. The van der Waals surface area contributed by atoms with Crippen LogP contribution in [0.25, 0.3) is 0 Å². The second kappa shape index (κ2) is 8.34. The van der Waals surface area contributed by atoms with E-state index in [0.717, 1.165) is 11.6 Å². The van der Waals surface area contributed by atoms with Gasteiger partial charge in [0, 0.05) is 24.6 Å². The van der Waals surface area contributed by atoms with E-state index in [1.54, 1.807) is 26.2 Å². The number of carbonyl (C=O) groups is 1. The van der Waals surface area contributed by atoms with E-state index in [4.69, 9.17) is 4.74 Å². The summed E-state index contributed by atoms with van der Waals surface area (Å²) in [5.74, 6) is 0.398. The van der Waals surface area contributed by atoms with Gasteiger partial charge >= 0.3 is 0 Å². The number of aromatic nitrogens is 2. The van der Waals surface area contributed by atoms with Crippen LogP contribution in [0.2, 0.25) is 0 Å². The molecule has 1 aromatic heterocycles. The molecule has 9 nitrogen and oxygen atoms in total. The Labute approximate surface area is 165 Å². The minimum absolute atomic E-state index is 0.0804. The first-order valence-electron chi connectivity index (χ1n) is 8.65. The van der Waals surface area contributed by atoms with Gasteiger partial charge in [-0.1, -0.05) is 18.2 Å². The third-order valence-electron chi connectivity index (χ3n) is 4.23. The standard InChI is InChI=1S/C20H18N4O5/c1-12-3-6-14(24(27)28)10-16(12)22-20(26)17-11-19(25)23-18(21-17)9-13-4-7-15(29-2)8-5-13/h3-8,10-11H,9H2,1-2H3,(H,22,26)(H,21,23,25). The molecule has 0 bridgehead atoms. The van der Waals surface area contributed by atoms with Gasteiger partial charge in [-0.15, -0.1) is 0 Å². The van der Waals surface area contributed by atoms with Crippen molar-refractivity contribution < 1.29 is 14.5 Å². The molecule has 0 aliphatic rings. The lowest BCUT2D eigenvalue weighted by molar-refractivity contribution is -0.384. The normalized spacial score (nSPS) is 10.4. The number of aryl methyl sites for hydroxylation is 1. The van der Waals surface area contributed by atoms with Gasteiger partial charge in [0.15, 0.2) is 0 Å². The highest BCUT2D eigenvalue weighted by molar-refractivity contribution is 6.03. The Kier molecular flexibility index (Phi) is 5.68. The van der Waals surface area contributed by atoms with Crippen molar-refractivity contribution in [2.75, 3.05) is 12.4 Å². The summed E-state index contributed by atoms with van der Waals surface area (Å²) in [6.45, 7) is 1.71. The molecule has 0 aliphatic heterocycles. The lowest BCUT2D eigenvalue weighted by atomic mass is 10.1. The molecule has 0 saturated carbocycles. The van der Waals surface area contributed by atoms with Crippen molar-refractivity contribution >= 4 is 17.3 Å². The summed E-state index contributed by atoms with van der Waals surface area (Å²) < 4.78 is 5.11. The minimum atomic E-state index is -0.629. The highest BCUT2D eigenvalue weighted by atomic mass is 16.6. The fourth-order valence-electron chi connectivity index (χ4n) is 2.69. The van der Waals surface area contributed by atoms with Gasteiger partial charge in [0.05, 0.1) is 17.7 Å². The van der Waals surface area contributed by atoms with Crippen LogP contribution in [0.15, 0.2) is 53.3 Å². The van der Waals surface area contributed by atoms with E-state index >= 15 is 0 Å². The van der Waals surface area contributed by atoms with Crippen molar-refractivity contribution in [3.8, 4) is 5.75 Å². The summed E-state index contributed by atoms with van der Waals surface area (Å²) in [5, 5.41) is 13.5. The van der Waals surface area contributed by atoms with Gasteiger partial charge in [0.25, 0.3) is 17.2 Å². The fourth-order valence-corrected chi connectivity index (χ4v) is 2.69. The highest BCUT2D eigenvalue weighted by Gasteiger charge is 2.15. The second-order valence-electron chi connectivity index (χ2n) is 6.31. The number of anilines is 1. The number of hydrogen-bond donors (Lipinski definition) is 2.